The second-order valence-electron chi connectivity index (χ2n) is 7.38. The second kappa shape index (κ2) is 6.29. The molecule has 2 bridgehead atoms. The molecule has 4 rings (SSSR count). The Morgan fingerprint density at radius 1 is 1.22 bits per heavy atom. The van der Waals surface area contributed by atoms with Crippen LogP contribution in [0.1, 0.15) is 18.4 Å². The Balaban J connectivity index is 1.38. The molecule has 2 aliphatic carbocycles. The summed E-state index contributed by atoms with van der Waals surface area (Å²) in [6.07, 6.45) is 4.88. The quantitative estimate of drug-likeness (QED) is 0.370. The normalized spacial score (nSPS) is 28.0. The number of carbonyl (C=O) groups excluding carboxylic acids is 3. The Kier molecular flexibility index (Phi) is 4.05. The first kappa shape index (κ1) is 17.4. The third-order valence-electron chi connectivity index (χ3n) is 5.81. The number of nitrogens with zero attached hydrogens (tertiary/aromatic N) is 2. The van der Waals surface area contributed by atoms with Gasteiger partial charge >= 0.3 is 0 Å². The average Bonchev–Trinajstić information content (AvgIpc) is 3.29. The molecular formula is C19H19N3O5. The van der Waals surface area contributed by atoms with Crippen LogP contribution in [0.15, 0.2) is 30.4 Å². The number of hydrogen-bond acceptors (Lipinski definition) is 5. The lowest BCUT2D eigenvalue weighted by Gasteiger charge is -2.17. The van der Waals surface area contributed by atoms with Crippen molar-refractivity contribution in [3.63, 3.8) is 0 Å². The first-order valence-corrected chi connectivity index (χ1v) is 8.95. The zero-order valence-electron chi connectivity index (χ0n) is 14.8. The van der Waals surface area contributed by atoms with Crippen LogP contribution in [0.2, 0.25) is 0 Å². The van der Waals surface area contributed by atoms with Crippen molar-refractivity contribution >= 4 is 29.1 Å². The SMILES string of the molecule is Cc1ccc(NC(=O)CCN2C(=O)[C@@H]3[C@@H](C2=O)[C@H]2C=C[C@@H]3C2)cc1[N+](=O)[O-]. The van der Waals surface area contributed by atoms with E-state index in [4.69, 9.17) is 0 Å². The van der Waals surface area contributed by atoms with Gasteiger partial charge in [-0.1, -0.05) is 18.2 Å². The number of nitro groups is 1. The van der Waals surface area contributed by atoms with Crippen LogP contribution in [0.5, 0.6) is 0 Å². The summed E-state index contributed by atoms with van der Waals surface area (Å²) in [5.74, 6) is -1.01. The highest BCUT2D eigenvalue weighted by molar-refractivity contribution is 6.06. The molecule has 1 N–H and O–H groups in total. The van der Waals surface area contributed by atoms with E-state index < -0.39 is 10.8 Å². The summed E-state index contributed by atoms with van der Waals surface area (Å²) in [6, 6.07) is 4.44. The fourth-order valence-corrected chi connectivity index (χ4v) is 4.51. The third kappa shape index (κ3) is 2.81. The predicted octanol–water partition coefficient (Wildman–Crippen LogP) is 2.04. The number of rotatable bonds is 5. The number of fused-ring (bicyclic) bond motifs is 5. The summed E-state index contributed by atoms with van der Waals surface area (Å²) in [5.41, 5.74) is 0.741. The standard InChI is InChI=1S/C19H19N3O5/c1-10-2-5-13(9-14(10)22(26)27)20-15(23)6-7-21-18(24)16-11-3-4-12(8-11)17(16)19(21)25/h2-5,9,11-12,16-17H,6-8H2,1H3,(H,20,23)/t11-,12+,16-,17-/m0/s1. The molecular weight excluding hydrogens is 350 g/mol. The minimum atomic E-state index is -0.506. The van der Waals surface area contributed by atoms with Gasteiger partial charge in [-0.2, -0.15) is 0 Å². The van der Waals surface area contributed by atoms with Crippen LogP contribution >= 0.6 is 0 Å². The van der Waals surface area contributed by atoms with Gasteiger partial charge in [0.15, 0.2) is 0 Å². The maximum atomic E-state index is 12.6. The highest BCUT2D eigenvalue weighted by Gasteiger charge is 2.58. The van der Waals surface area contributed by atoms with Crippen LogP contribution in [0, 0.1) is 40.7 Å². The zero-order valence-corrected chi connectivity index (χ0v) is 14.8. The van der Waals surface area contributed by atoms with Crippen molar-refractivity contribution in [1.82, 2.24) is 4.90 Å². The van der Waals surface area contributed by atoms with Gasteiger partial charge in [0.05, 0.1) is 16.8 Å². The van der Waals surface area contributed by atoms with E-state index in [2.05, 4.69) is 5.32 Å². The number of hydrogen-bond donors (Lipinski definition) is 1. The first-order chi connectivity index (χ1) is 12.9. The topological polar surface area (TPSA) is 110 Å². The van der Waals surface area contributed by atoms with Gasteiger partial charge in [0.2, 0.25) is 17.7 Å². The second-order valence-corrected chi connectivity index (χ2v) is 7.38. The molecule has 1 aliphatic heterocycles. The molecule has 0 unspecified atom stereocenters. The molecule has 2 fully saturated rings. The van der Waals surface area contributed by atoms with E-state index in [9.17, 15) is 24.5 Å². The molecule has 1 heterocycles. The van der Waals surface area contributed by atoms with Gasteiger partial charge < -0.3 is 5.32 Å². The summed E-state index contributed by atoms with van der Waals surface area (Å²) >= 11 is 0. The van der Waals surface area contributed by atoms with Crippen molar-refractivity contribution in [2.75, 3.05) is 11.9 Å². The van der Waals surface area contributed by atoms with Gasteiger partial charge in [-0.05, 0) is 31.2 Å². The third-order valence-corrected chi connectivity index (χ3v) is 5.81. The maximum Gasteiger partial charge on any atom is 0.274 e. The van der Waals surface area contributed by atoms with E-state index in [1.807, 2.05) is 12.2 Å². The molecule has 8 nitrogen and oxygen atoms in total. The van der Waals surface area contributed by atoms with Crippen molar-refractivity contribution in [1.29, 1.82) is 0 Å². The first-order valence-electron chi connectivity index (χ1n) is 8.95. The molecule has 0 aromatic heterocycles. The highest BCUT2D eigenvalue weighted by atomic mass is 16.6. The number of amides is 3. The average molecular weight is 369 g/mol. The predicted molar refractivity (Wildman–Crippen MR) is 95.5 cm³/mol. The fourth-order valence-electron chi connectivity index (χ4n) is 4.51. The number of anilines is 1. The number of imide groups is 1. The molecule has 1 aromatic rings. The number of allylic oxidation sites excluding steroid dienone is 2. The van der Waals surface area contributed by atoms with E-state index in [1.165, 1.54) is 11.0 Å². The summed E-state index contributed by atoms with van der Waals surface area (Å²) in [6.45, 7) is 1.65. The minimum absolute atomic E-state index is 0.0316. The van der Waals surface area contributed by atoms with Crippen molar-refractivity contribution < 1.29 is 19.3 Å². The molecule has 140 valence electrons. The van der Waals surface area contributed by atoms with Crippen LogP contribution in [0.3, 0.4) is 0 Å². The molecule has 4 atom stereocenters. The number of likely N-dealkylation sites (tertiary alicyclic amines) is 1. The Morgan fingerprint density at radius 2 is 1.85 bits per heavy atom. The number of aryl methyl sites for hydroxylation is 1. The number of nitro benzene ring substituents is 1. The van der Waals surface area contributed by atoms with Crippen molar-refractivity contribution in [2.24, 2.45) is 23.7 Å². The monoisotopic (exact) mass is 369 g/mol. The van der Waals surface area contributed by atoms with Crippen molar-refractivity contribution in [3.05, 3.63) is 46.0 Å². The molecule has 1 aromatic carbocycles. The summed E-state index contributed by atoms with van der Waals surface area (Å²) < 4.78 is 0. The summed E-state index contributed by atoms with van der Waals surface area (Å²) in [7, 11) is 0. The van der Waals surface area contributed by atoms with Crippen LogP contribution in [0.4, 0.5) is 11.4 Å². The Bertz CT molecular complexity index is 863. The number of benzene rings is 1. The zero-order chi connectivity index (χ0) is 19.3. The minimum Gasteiger partial charge on any atom is -0.326 e. The highest BCUT2D eigenvalue weighted by Crippen LogP contribution is 2.52. The van der Waals surface area contributed by atoms with Crippen molar-refractivity contribution in [3.8, 4) is 0 Å². The number of carbonyl (C=O) groups is 3. The van der Waals surface area contributed by atoms with Crippen LogP contribution < -0.4 is 5.32 Å². The summed E-state index contributed by atoms with van der Waals surface area (Å²) in [5, 5.41) is 13.6. The molecule has 1 saturated carbocycles. The van der Waals surface area contributed by atoms with Gasteiger partial charge in [-0.15, -0.1) is 0 Å². The lowest BCUT2D eigenvalue weighted by atomic mass is 9.85. The molecule has 27 heavy (non-hydrogen) atoms. The smallest absolute Gasteiger partial charge is 0.274 e. The molecule has 0 spiro atoms. The van der Waals surface area contributed by atoms with Gasteiger partial charge in [-0.3, -0.25) is 29.4 Å². The Hall–Kier alpha value is -3.03. The molecule has 3 aliphatic rings. The van der Waals surface area contributed by atoms with E-state index in [-0.39, 0.29) is 54.1 Å². The Labute approximate surface area is 155 Å². The van der Waals surface area contributed by atoms with Crippen LogP contribution in [0.25, 0.3) is 0 Å². The summed E-state index contributed by atoms with van der Waals surface area (Å²) in [4.78, 5) is 49.0. The lowest BCUT2D eigenvalue weighted by molar-refractivity contribution is -0.385. The largest absolute Gasteiger partial charge is 0.326 e. The molecule has 1 saturated heterocycles. The number of nitrogens with one attached hydrogen (secondary N) is 1. The van der Waals surface area contributed by atoms with Gasteiger partial charge in [0, 0.05) is 30.3 Å². The maximum absolute atomic E-state index is 12.6. The molecule has 0 radical (unpaired) electrons. The Morgan fingerprint density at radius 3 is 2.44 bits per heavy atom. The van der Waals surface area contributed by atoms with Crippen LogP contribution in [-0.2, 0) is 14.4 Å². The van der Waals surface area contributed by atoms with E-state index >= 15 is 0 Å². The molecule has 8 heteroatoms. The van der Waals surface area contributed by atoms with Crippen molar-refractivity contribution in [2.45, 2.75) is 19.8 Å². The fraction of sp³-hybridized carbons (Fsp3) is 0.421. The van der Waals surface area contributed by atoms with Gasteiger partial charge in [-0.25, -0.2) is 0 Å². The molecule has 3 amide bonds. The van der Waals surface area contributed by atoms with Crippen LogP contribution in [-0.4, -0.2) is 34.1 Å². The van der Waals surface area contributed by atoms with Gasteiger partial charge in [0.25, 0.3) is 5.69 Å². The lowest BCUT2D eigenvalue weighted by Crippen LogP contribution is -2.35. The van der Waals surface area contributed by atoms with Gasteiger partial charge in [0.1, 0.15) is 0 Å². The van der Waals surface area contributed by atoms with E-state index in [0.29, 0.717) is 11.3 Å². The van der Waals surface area contributed by atoms with E-state index in [0.717, 1.165) is 6.42 Å². The van der Waals surface area contributed by atoms with E-state index in [1.54, 1.807) is 19.1 Å².